The van der Waals surface area contributed by atoms with Gasteiger partial charge in [-0.2, -0.15) is 0 Å². The Hall–Kier alpha value is 0.797. The molecule has 0 saturated carbocycles. The van der Waals surface area contributed by atoms with Gasteiger partial charge < -0.3 is 13.3 Å². The molecule has 0 bridgehead atoms. The summed E-state index contributed by atoms with van der Waals surface area (Å²) in [5.41, 5.74) is 0. The van der Waals surface area contributed by atoms with Crippen molar-refractivity contribution in [1.82, 2.24) is 0 Å². The van der Waals surface area contributed by atoms with Gasteiger partial charge in [0.05, 0.1) is 0 Å². The van der Waals surface area contributed by atoms with E-state index in [9.17, 15) is 0 Å². The Kier molecular flexibility index (Phi) is 11.5. The monoisotopic (exact) mass is 284 g/mol. The lowest BCUT2D eigenvalue weighted by Crippen LogP contribution is -2.42. The van der Waals surface area contributed by atoms with Crippen molar-refractivity contribution < 1.29 is 13.3 Å². The maximum absolute atomic E-state index is 5.36. The third-order valence-electron chi connectivity index (χ3n) is 2.31. The van der Waals surface area contributed by atoms with Crippen molar-refractivity contribution in [2.75, 3.05) is 32.8 Å². The van der Waals surface area contributed by atoms with E-state index in [4.69, 9.17) is 13.3 Å². The number of rotatable bonds is 11. The Labute approximate surface area is 109 Å². The fourth-order valence-electron chi connectivity index (χ4n) is 1.22. The molecule has 0 aromatic carbocycles. The molecule has 0 amide bonds. The summed E-state index contributed by atoms with van der Waals surface area (Å²) < 4.78 is 16.1. The highest BCUT2D eigenvalue weighted by atomic mass is 33.1. The van der Waals surface area contributed by atoms with E-state index in [1.807, 2.05) is 21.6 Å². The Morgan fingerprint density at radius 1 is 0.875 bits per heavy atom. The first-order valence-corrected chi connectivity index (χ1v) is 10.1. The van der Waals surface area contributed by atoms with Crippen LogP contribution in [0.25, 0.3) is 0 Å². The zero-order chi connectivity index (χ0) is 12.3. The van der Waals surface area contributed by atoms with Gasteiger partial charge in [-0.3, -0.25) is 0 Å². The molecular weight excluding hydrogens is 260 g/mol. The normalized spacial score (nSPS) is 12.0. The molecule has 0 rings (SSSR count). The van der Waals surface area contributed by atoms with Gasteiger partial charge >= 0.3 is 8.80 Å². The zero-order valence-electron chi connectivity index (χ0n) is 10.8. The number of hydrogen-bond acceptors (Lipinski definition) is 5. The molecule has 0 N–H and O–H groups in total. The zero-order valence-corrected chi connectivity index (χ0v) is 13.4. The van der Waals surface area contributed by atoms with Crippen LogP contribution in [0.2, 0.25) is 6.04 Å². The van der Waals surface area contributed by atoms with Crippen LogP contribution in [0.15, 0.2) is 0 Å². The second-order valence-corrected chi connectivity index (χ2v) is 9.19. The summed E-state index contributed by atoms with van der Waals surface area (Å²) in [5, 5.41) is 0. The SMILES string of the molecule is CCCCSSCCC[Si](OC)(OC)OC. The van der Waals surface area contributed by atoms with Crippen LogP contribution in [0.3, 0.4) is 0 Å². The first-order valence-electron chi connectivity index (χ1n) is 5.64. The third-order valence-corrected chi connectivity index (χ3v) is 7.72. The Balaban J connectivity index is 3.48. The summed E-state index contributed by atoms with van der Waals surface area (Å²) in [4.78, 5) is 0. The third kappa shape index (κ3) is 7.19. The van der Waals surface area contributed by atoms with E-state index in [1.165, 1.54) is 18.6 Å². The summed E-state index contributed by atoms with van der Waals surface area (Å²) in [6.45, 7) is 2.22. The van der Waals surface area contributed by atoms with Crippen molar-refractivity contribution in [3.63, 3.8) is 0 Å². The summed E-state index contributed by atoms with van der Waals surface area (Å²) in [6, 6.07) is 0.901. The smallest absolute Gasteiger partial charge is 0.377 e. The molecule has 0 aromatic rings. The number of unbranched alkanes of at least 4 members (excludes halogenated alkanes) is 1. The van der Waals surface area contributed by atoms with Gasteiger partial charge in [-0.25, -0.2) is 0 Å². The van der Waals surface area contributed by atoms with Gasteiger partial charge in [0.25, 0.3) is 0 Å². The molecule has 3 nitrogen and oxygen atoms in total. The van der Waals surface area contributed by atoms with Gasteiger partial charge in [-0.1, -0.05) is 34.9 Å². The first kappa shape index (κ1) is 16.8. The van der Waals surface area contributed by atoms with Crippen molar-refractivity contribution in [1.29, 1.82) is 0 Å². The fraction of sp³-hybridized carbons (Fsp3) is 1.00. The van der Waals surface area contributed by atoms with Gasteiger partial charge in [0, 0.05) is 38.9 Å². The van der Waals surface area contributed by atoms with E-state index in [-0.39, 0.29) is 0 Å². The summed E-state index contributed by atoms with van der Waals surface area (Å²) >= 11 is 0. The quantitative estimate of drug-likeness (QED) is 0.329. The van der Waals surface area contributed by atoms with Gasteiger partial charge in [0.15, 0.2) is 0 Å². The molecule has 0 aliphatic heterocycles. The highest BCUT2D eigenvalue weighted by Gasteiger charge is 2.36. The fourth-order valence-corrected chi connectivity index (χ4v) is 5.52. The predicted octanol–water partition coefficient (Wildman–Crippen LogP) is 3.44. The average molecular weight is 285 g/mol. The lowest BCUT2D eigenvalue weighted by Gasteiger charge is -2.23. The van der Waals surface area contributed by atoms with Crippen molar-refractivity contribution in [2.45, 2.75) is 32.2 Å². The van der Waals surface area contributed by atoms with E-state index >= 15 is 0 Å². The predicted molar refractivity (Wildman–Crippen MR) is 76.0 cm³/mol. The molecule has 0 fully saturated rings. The van der Waals surface area contributed by atoms with Gasteiger partial charge in [0.2, 0.25) is 0 Å². The van der Waals surface area contributed by atoms with Crippen LogP contribution in [-0.4, -0.2) is 41.6 Å². The minimum Gasteiger partial charge on any atom is -0.377 e. The molecule has 98 valence electrons. The highest BCUT2D eigenvalue weighted by Crippen LogP contribution is 2.25. The lowest BCUT2D eigenvalue weighted by atomic mass is 10.4. The van der Waals surface area contributed by atoms with E-state index < -0.39 is 8.80 Å². The topological polar surface area (TPSA) is 27.7 Å². The molecule has 0 aromatic heterocycles. The van der Waals surface area contributed by atoms with Crippen LogP contribution in [0.5, 0.6) is 0 Å². The van der Waals surface area contributed by atoms with E-state index in [0.29, 0.717) is 0 Å². The largest absolute Gasteiger partial charge is 0.500 e. The number of hydrogen-bond donors (Lipinski definition) is 0. The molecule has 0 aliphatic carbocycles. The Morgan fingerprint density at radius 2 is 1.38 bits per heavy atom. The Bertz CT molecular complexity index is 149. The highest BCUT2D eigenvalue weighted by molar-refractivity contribution is 8.76. The van der Waals surface area contributed by atoms with Crippen LogP contribution in [0.4, 0.5) is 0 Å². The molecule has 6 heteroatoms. The van der Waals surface area contributed by atoms with Gasteiger partial charge in [-0.15, -0.1) is 0 Å². The molecule has 0 atom stereocenters. The van der Waals surface area contributed by atoms with Crippen LogP contribution in [0, 0.1) is 0 Å². The molecule has 16 heavy (non-hydrogen) atoms. The van der Waals surface area contributed by atoms with Crippen LogP contribution in [-0.2, 0) is 13.3 Å². The van der Waals surface area contributed by atoms with Gasteiger partial charge in [-0.05, 0) is 12.8 Å². The first-order chi connectivity index (χ1) is 7.74. The van der Waals surface area contributed by atoms with Gasteiger partial charge in [0.1, 0.15) is 0 Å². The maximum atomic E-state index is 5.36. The minimum absolute atomic E-state index is 0.901. The second-order valence-electron chi connectivity index (χ2n) is 3.40. The van der Waals surface area contributed by atoms with Crippen LogP contribution in [0.1, 0.15) is 26.2 Å². The van der Waals surface area contributed by atoms with E-state index in [2.05, 4.69) is 6.92 Å². The van der Waals surface area contributed by atoms with E-state index in [1.54, 1.807) is 21.3 Å². The van der Waals surface area contributed by atoms with Crippen molar-refractivity contribution in [3.8, 4) is 0 Å². The summed E-state index contributed by atoms with van der Waals surface area (Å²) in [6.07, 6.45) is 3.68. The molecular formula is C10H24O3S2Si. The van der Waals surface area contributed by atoms with E-state index in [0.717, 1.165) is 18.2 Å². The average Bonchev–Trinajstić information content (AvgIpc) is 2.34. The van der Waals surface area contributed by atoms with Crippen molar-refractivity contribution in [3.05, 3.63) is 0 Å². The molecule has 0 saturated heterocycles. The Morgan fingerprint density at radius 3 is 1.81 bits per heavy atom. The molecule has 0 aliphatic rings. The lowest BCUT2D eigenvalue weighted by molar-refractivity contribution is 0.123. The minimum atomic E-state index is -2.32. The summed E-state index contributed by atoms with van der Waals surface area (Å²) in [5.74, 6) is 2.39. The second kappa shape index (κ2) is 10.9. The van der Waals surface area contributed by atoms with Crippen molar-refractivity contribution >= 4 is 30.4 Å². The molecule has 0 radical (unpaired) electrons. The van der Waals surface area contributed by atoms with Crippen LogP contribution < -0.4 is 0 Å². The van der Waals surface area contributed by atoms with Crippen LogP contribution >= 0.6 is 21.6 Å². The standard InChI is InChI=1S/C10H24O3S2Si/c1-5-6-8-14-15-9-7-10-16(11-2,12-3)13-4/h5-10H2,1-4H3. The van der Waals surface area contributed by atoms with Crippen molar-refractivity contribution in [2.24, 2.45) is 0 Å². The maximum Gasteiger partial charge on any atom is 0.500 e. The molecule has 0 heterocycles. The molecule has 0 unspecified atom stereocenters. The summed E-state index contributed by atoms with van der Waals surface area (Å²) in [7, 11) is 6.59. The molecule has 0 spiro atoms.